The van der Waals surface area contributed by atoms with E-state index in [2.05, 4.69) is 10.6 Å². The van der Waals surface area contributed by atoms with Crippen molar-refractivity contribution < 1.29 is 15.0 Å². The molecular formula is C16H18N2O3. The summed E-state index contributed by atoms with van der Waals surface area (Å²) in [5.41, 5.74) is 2.33. The lowest BCUT2D eigenvalue weighted by Gasteiger charge is -2.08. The van der Waals surface area contributed by atoms with Crippen LogP contribution in [-0.2, 0) is 6.54 Å². The Kier molecular flexibility index (Phi) is 4.66. The zero-order chi connectivity index (χ0) is 15.2. The van der Waals surface area contributed by atoms with Crippen molar-refractivity contribution in [2.45, 2.75) is 13.5 Å². The molecule has 4 N–H and O–H groups in total. The molecule has 21 heavy (non-hydrogen) atoms. The lowest BCUT2D eigenvalue weighted by molar-refractivity contribution is 0.0956. The molecule has 0 heterocycles. The number of aromatic hydroxyl groups is 2. The van der Waals surface area contributed by atoms with Crippen molar-refractivity contribution in [2.75, 3.05) is 11.9 Å². The first kappa shape index (κ1) is 14.7. The number of phenols is 2. The quantitative estimate of drug-likeness (QED) is 0.636. The average molecular weight is 286 g/mol. The number of rotatable bonds is 5. The second kappa shape index (κ2) is 6.65. The lowest BCUT2D eigenvalue weighted by atomic mass is 10.1. The van der Waals surface area contributed by atoms with Crippen LogP contribution in [0.4, 0.5) is 5.69 Å². The second-order valence-corrected chi connectivity index (χ2v) is 4.61. The number of amides is 1. The first-order valence-corrected chi connectivity index (χ1v) is 6.73. The van der Waals surface area contributed by atoms with Crippen LogP contribution in [0.1, 0.15) is 22.8 Å². The van der Waals surface area contributed by atoms with Gasteiger partial charge in [-0.25, -0.2) is 0 Å². The Hall–Kier alpha value is -2.69. The summed E-state index contributed by atoms with van der Waals surface area (Å²) in [6, 6.07) is 11.8. The zero-order valence-electron chi connectivity index (χ0n) is 11.8. The number of nitrogens with one attached hydrogen (secondary N) is 2. The predicted molar refractivity (Wildman–Crippen MR) is 81.5 cm³/mol. The highest BCUT2D eigenvalue weighted by Crippen LogP contribution is 2.25. The first-order chi connectivity index (χ1) is 10.1. The number of hydrogen-bond acceptors (Lipinski definition) is 4. The van der Waals surface area contributed by atoms with E-state index in [1.165, 1.54) is 12.1 Å². The van der Waals surface area contributed by atoms with Crippen LogP contribution in [0.5, 0.6) is 11.5 Å². The summed E-state index contributed by atoms with van der Waals surface area (Å²) in [5.74, 6) is -0.363. The third-order valence-corrected chi connectivity index (χ3v) is 3.02. The van der Waals surface area contributed by atoms with Crippen molar-refractivity contribution in [3.05, 3.63) is 53.6 Å². The fraction of sp³-hybridized carbons (Fsp3) is 0.188. The molecule has 0 atom stereocenters. The molecule has 1 amide bonds. The maximum absolute atomic E-state index is 11.6. The highest BCUT2D eigenvalue weighted by molar-refractivity contribution is 5.94. The summed E-state index contributed by atoms with van der Waals surface area (Å²) in [7, 11) is 0. The van der Waals surface area contributed by atoms with Crippen molar-refractivity contribution in [3.8, 4) is 11.5 Å². The molecule has 0 aliphatic heterocycles. The highest BCUT2D eigenvalue weighted by Gasteiger charge is 2.04. The summed E-state index contributed by atoms with van der Waals surface area (Å²) in [5, 5.41) is 24.6. The molecular weight excluding hydrogens is 268 g/mol. The van der Waals surface area contributed by atoms with Gasteiger partial charge in [0.2, 0.25) is 0 Å². The Balaban J connectivity index is 1.97. The minimum atomic E-state index is -0.138. The summed E-state index contributed by atoms with van der Waals surface area (Å²) in [4.78, 5) is 11.6. The molecule has 0 saturated carbocycles. The van der Waals surface area contributed by atoms with Crippen LogP contribution in [-0.4, -0.2) is 22.7 Å². The Morgan fingerprint density at radius 1 is 1.05 bits per heavy atom. The minimum absolute atomic E-state index is 0.0903. The summed E-state index contributed by atoms with van der Waals surface area (Å²) in [6.07, 6.45) is 0. The van der Waals surface area contributed by atoms with Crippen LogP contribution in [0, 0.1) is 0 Å². The molecule has 110 valence electrons. The molecule has 0 aliphatic carbocycles. The van der Waals surface area contributed by atoms with Crippen LogP contribution in [0.15, 0.2) is 42.5 Å². The predicted octanol–water partition coefficient (Wildman–Crippen LogP) is 2.46. The highest BCUT2D eigenvalue weighted by atomic mass is 16.3. The fourth-order valence-corrected chi connectivity index (χ4v) is 1.89. The largest absolute Gasteiger partial charge is 0.504 e. The van der Waals surface area contributed by atoms with E-state index in [0.29, 0.717) is 18.7 Å². The van der Waals surface area contributed by atoms with Gasteiger partial charge >= 0.3 is 0 Å². The normalized spacial score (nSPS) is 10.1. The Morgan fingerprint density at radius 3 is 2.38 bits per heavy atom. The summed E-state index contributed by atoms with van der Waals surface area (Å²) >= 11 is 0. The summed E-state index contributed by atoms with van der Waals surface area (Å²) < 4.78 is 0. The van der Waals surface area contributed by atoms with E-state index in [-0.39, 0.29) is 17.4 Å². The van der Waals surface area contributed by atoms with E-state index in [9.17, 15) is 15.0 Å². The monoisotopic (exact) mass is 286 g/mol. The van der Waals surface area contributed by atoms with E-state index in [1.54, 1.807) is 18.2 Å². The van der Waals surface area contributed by atoms with E-state index >= 15 is 0 Å². The van der Waals surface area contributed by atoms with E-state index in [0.717, 1.165) is 11.3 Å². The van der Waals surface area contributed by atoms with Crippen molar-refractivity contribution in [3.63, 3.8) is 0 Å². The Labute approximate surface area is 123 Å². The SMILES string of the molecule is CCNC(=O)c1ccc(NCc2ccc(O)c(O)c2)cc1. The molecule has 0 spiro atoms. The standard InChI is InChI=1S/C16H18N2O3/c1-2-17-16(21)12-4-6-13(7-5-12)18-10-11-3-8-14(19)15(20)9-11/h3-9,18-20H,2,10H2,1H3,(H,17,21). The molecule has 2 aromatic rings. The van der Waals surface area contributed by atoms with Gasteiger partial charge < -0.3 is 20.8 Å². The zero-order valence-corrected chi connectivity index (χ0v) is 11.8. The van der Waals surface area contributed by atoms with Gasteiger partial charge in [-0.2, -0.15) is 0 Å². The van der Waals surface area contributed by atoms with Gasteiger partial charge in [-0.3, -0.25) is 4.79 Å². The number of carbonyl (C=O) groups is 1. The Bertz CT molecular complexity index is 624. The van der Waals surface area contributed by atoms with Crippen LogP contribution in [0.3, 0.4) is 0 Å². The van der Waals surface area contributed by atoms with Gasteiger partial charge in [0.15, 0.2) is 11.5 Å². The molecule has 0 aliphatic rings. The maximum Gasteiger partial charge on any atom is 0.251 e. The number of anilines is 1. The molecule has 0 bridgehead atoms. The van der Waals surface area contributed by atoms with Gasteiger partial charge in [0.25, 0.3) is 5.91 Å². The van der Waals surface area contributed by atoms with Crippen LogP contribution < -0.4 is 10.6 Å². The molecule has 0 aromatic heterocycles. The lowest BCUT2D eigenvalue weighted by Crippen LogP contribution is -2.22. The van der Waals surface area contributed by atoms with Crippen LogP contribution in [0.2, 0.25) is 0 Å². The van der Waals surface area contributed by atoms with Crippen LogP contribution in [0.25, 0.3) is 0 Å². The maximum atomic E-state index is 11.6. The molecule has 2 aromatic carbocycles. The van der Waals surface area contributed by atoms with Crippen molar-refractivity contribution in [1.29, 1.82) is 0 Å². The van der Waals surface area contributed by atoms with Crippen LogP contribution >= 0.6 is 0 Å². The molecule has 5 heteroatoms. The molecule has 2 rings (SSSR count). The van der Waals surface area contributed by atoms with Crippen molar-refractivity contribution >= 4 is 11.6 Å². The molecule has 0 radical (unpaired) electrons. The smallest absolute Gasteiger partial charge is 0.251 e. The minimum Gasteiger partial charge on any atom is -0.504 e. The molecule has 0 unspecified atom stereocenters. The van der Waals surface area contributed by atoms with Crippen molar-refractivity contribution in [1.82, 2.24) is 5.32 Å². The van der Waals surface area contributed by atoms with Gasteiger partial charge in [-0.15, -0.1) is 0 Å². The number of carbonyl (C=O) groups excluding carboxylic acids is 1. The average Bonchev–Trinajstić information content (AvgIpc) is 2.49. The number of benzene rings is 2. The van der Waals surface area contributed by atoms with Crippen molar-refractivity contribution in [2.24, 2.45) is 0 Å². The Morgan fingerprint density at radius 2 is 1.76 bits per heavy atom. The third kappa shape index (κ3) is 3.89. The number of hydrogen-bond donors (Lipinski definition) is 4. The van der Waals surface area contributed by atoms with E-state index < -0.39 is 0 Å². The van der Waals surface area contributed by atoms with Gasteiger partial charge in [-0.1, -0.05) is 6.07 Å². The summed E-state index contributed by atoms with van der Waals surface area (Å²) in [6.45, 7) is 2.98. The van der Waals surface area contributed by atoms with Gasteiger partial charge in [0, 0.05) is 24.3 Å². The topological polar surface area (TPSA) is 81.6 Å². The van der Waals surface area contributed by atoms with Gasteiger partial charge in [-0.05, 0) is 48.9 Å². The second-order valence-electron chi connectivity index (χ2n) is 4.61. The first-order valence-electron chi connectivity index (χ1n) is 6.73. The molecule has 5 nitrogen and oxygen atoms in total. The van der Waals surface area contributed by atoms with E-state index in [4.69, 9.17) is 0 Å². The van der Waals surface area contributed by atoms with Gasteiger partial charge in [0.1, 0.15) is 0 Å². The fourth-order valence-electron chi connectivity index (χ4n) is 1.89. The number of phenolic OH excluding ortho intramolecular Hbond substituents is 2. The molecule has 0 saturated heterocycles. The molecule has 0 fully saturated rings. The third-order valence-electron chi connectivity index (χ3n) is 3.02. The van der Waals surface area contributed by atoms with E-state index in [1.807, 2.05) is 19.1 Å². The van der Waals surface area contributed by atoms with Gasteiger partial charge in [0.05, 0.1) is 0 Å².